The Morgan fingerprint density at radius 1 is 1.38 bits per heavy atom. The van der Waals surface area contributed by atoms with Crippen molar-refractivity contribution in [3.8, 4) is 0 Å². The van der Waals surface area contributed by atoms with Crippen LogP contribution < -0.4 is 16.0 Å². The standard InChI is InChI=1S/C15H24N6O2S/c1-8(2)13-19-14(21-20-13)17-11(22)6-4-3-5-10-12-9(7-24-10)16-15(23)18-12/h8-10,12H,3-7H2,1-2H3,(H2,16,18,23)(H2,17,19,20,21,22). The number of H-pyrrole nitrogens is 1. The second kappa shape index (κ2) is 7.42. The van der Waals surface area contributed by atoms with Crippen LogP contribution in [0.1, 0.15) is 51.3 Å². The first kappa shape index (κ1) is 17.1. The lowest BCUT2D eigenvalue weighted by Crippen LogP contribution is -2.36. The van der Waals surface area contributed by atoms with E-state index < -0.39 is 0 Å². The second-order valence-electron chi connectivity index (χ2n) is 6.61. The molecule has 3 atom stereocenters. The second-order valence-corrected chi connectivity index (χ2v) is 7.89. The lowest BCUT2D eigenvalue weighted by molar-refractivity contribution is -0.116. The molecule has 3 rings (SSSR count). The summed E-state index contributed by atoms with van der Waals surface area (Å²) in [7, 11) is 0. The minimum Gasteiger partial charge on any atom is -0.332 e. The van der Waals surface area contributed by atoms with E-state index in [0.717, 1.165) is 30.8 Å². The molecule has 3 amide bonds. The van der Waals surface area contributed by atoms with E-state index in [1.165, 1.54) is 0 Å². The molecule has 2 aliphatic rings. The van der Waals surface area contributed by atoms with Gasteiger partial charge in [-0.1, -0.05) is 20.3 Å². The van der Waals surface area contributed by atoms with E-state index >= 15 is 0 Å². The Morgan fingerprint density at radius 3 is 2.96 bits per heavy atom. The third-order valence-electron chi connectivity index (χ3n) is 4.38. The van der Waals surface area contributed by atoms with Crippen LogP contribution in [0.15, 0.2) is 0 Å². The smallest absolute Gasteiger partial charge is 0.315 e. The van der Waals surface area contributed by atoms with Crippen molar-refractivity contribution >= 4 is 29.6 Å². The van der Waals surface area contributed by atoms with E-state index in [9.17, 15) is 9.59 Å². The fourth-order valence-electron chi connectivity index (χ4n) is 3.05. The van der Waals surface area contributed by atoms with Crippen LogP contribution in [0, 0.1) is 0 Å². The highest BCUT2D eigenvalue weighted by Gasteiger charge is 2.42. The number of carbonyl (C=O) groups excluding carboxylic acids is 2. The van der Waals surface area contributed by atoms with Gasteiger partial charge in [0.15, 0.2) is 0 Å². The number of aromatic nitrogens is 3. The molecule has 8 nitrogen and oxygen atoms in total. The molecule has 132 valence electrons. The topological polar surface area (TPSA) is 112 Å². The van der Waals surface area contributed by atoms with E-state index in [1.807, 2.05) is 25.6 Å². The number of nitrogens with zero attached hydrogens (tertiary/aromatic N) is 2. The van der Waals surface area contributed by atoms with E-state index in [4.69, 9.17) is 0 Å². The van der Waals surface area contributed by atoms with E-state index in [2.05, 4.69) is 31.1 Å². The van der Waals surface area contributed by atoms with Gasteiger partial charge in [0.05, 0.1) is 12.1 Å². The maximum absolute atomic E-state index is 11.9. The summed E-state index contributed by atoms with van der Waals surface area (Å²) >= 11 is 1.90. The Morgan fingerprint density at radius 2 is 2.21 bits per heavy atom. The molecule has 9 heteroatoms. The normalized spacial score (nSPS) is 25.5. The van der Waals surface area contributed by atoms with Gasteiger partial charge in [0.25, 0.3) is 0 Å². The summed E-state index contributed by atoms with van der Waals surface area (Å²) in [4.78, 5) is 27.5. The minimum absolute atomic E-state index is 0.0538. The van der Waals surface area contributed by atoms with Crippen LogP contribution in [0.3, 0.4) is 0 Å². The average molecular weight is 352 g/mol. The van der Waals surface area contributed by atoms with Gasteiger partial charge in [-0.25, -0.2) is 4.79 Å². The minimum atomic E-state index is -0.0582. The number of fused-ring (bicyclic) bond motifs is 1. The number of urea groups is 1. The van der Waals surface area contributed by atoms with Crippen LogP contribution in [0.5, 0.6) is 0 Å². The number of thioether (sulfide) groups is 1. The van der Waals surface area contributed by atoms with Crippen molar-refractivity contribution in [3.63, 3.8) is 0 Å². The molecule has 0 aromatic carbocycles. The molecule has 3 unspecified atom stereocenters. The van der Waals surface area contributed by atoms with Gasteiger partial charge >= 0.3 is 6.03 Å². The number of nitrogens with one attached hydrogen (secondary N) is 4. The Bertz CT molecular complexity index is 605. The van der Waals surface area contributed by atoms with Crippen LogP contribution in [-0.4, -0.2) is 50.2 Å². The van der Waals surface area contributed by atoms with Gasteiger partial charge in [0.1, 0.15) is 5.82 Å². The number of anilines is 1. The van der Waals surface area contributed by atoms with Crippen molar-refractivity contribution in [2.45, 2.75) is 62.8 Å². The SMILES string of the molecule is CC(C)c1nc(NC(=O)CCCCC2SCC3NC(=O)NC32)n[nH]1. The highest BCUT2D eigenvalue weighted by atomic mass is 32.2. The van der Waals surface area contributed by atoms with Crippen molar-refractivity contribution in [2.75, 3.05) is 11.1 Å². The monoisotopic (exact) mass is 352 g/mol. The summed E-state index contributed by atoms with van der Waals surface area (Å²) in [5.74, 6) is 2.28. The fraction of sp³-hybridized carbons (Fsp3) is 0.733. The Labute approximate surface area is 145 Å². The van der Waals surface area contributed by atoms with Crippen LogP contribution >= 0.6 is 11.8 Å². The Kier molecular flexibility index (Phi) is 5.27. The first-order chi connectivity index (χ1) is 11.5. The molecule has 0 radical (unpaired) electrons. The quantitative estimate of drug-likeness (QED) is 0.440. The average Bonchev–Trinajstić information content (AvgIpc) is 3.20. The first-order valence-corrected chi connectivity index (χ1v) is 9.48. The highest BCUT2D eigenvalue weighted by Crippen LogP contribution is 2.33. The zero-order chi connectivity index (χ0) is 17.1. The molecule has 3 heterocycles. The number of amides is 3. The number of hydrogen-bond acceptors (Lipinski definition) is 5. The molecule has 2 saturated heterocycles. The molecule has 0 bridgehead atoms. The van der Waals surface area contributed by atoms with Gasteiger partial charge in [0, 0.05) is 23.3 Å². The summed E-state index contributed by atoms with van der Waals surface area (Å²) in [5, 5.41) is 15.9. The van der Waals surface area contributed by atoms with Crippen molar-refractivity contribution < 1.29 is 9.59 Å². The molecule has 24 heavy (non-hydrogen) atoms. The maximum atomic E-state index is 11.9. The number of unbranched alkanes of at least 4 members (excludes halogenated alkanes) is 1. The summed E-state index contributed by atoms with van der Waals surface area (Å²) in [6.45, 7) is 4.03. The zero-order valence-corrected chi connectivity index (χ0v) is 14.8. The number of hydrogen-bond donors (Lipinski definition) is 4. The van der Waals surface area contributed by atoms with Gasteiger partial charge in [-0.05, 0) is 12.8 Å². The molecule has 0 aliphatic carbocycles. The number of aromatic amines is 1. The Balaban J connectivity index is 1.34. The van der Waals surface area contributed by atoms with Crippen molar-refractivity contribution in [2.24, 2.45) is 0 Å². The predicted molar refractivity (Wildman–Crippen MR) is 93.1 cm³/mol. The summed E-state index contributed by atoms with van der Waals surface area (Å²) in [6.07, 6.45) is 3.26. The van der Waals surface area contributed by atoms with Crippen molar-refractivity contribution in [3.05, 3.63) is 5.82 Å². The van der Waals surface area contributed by atoms with Crippen LogP contribution in [0.25, 0.3) is 0 Å². The molecule has 0 spiro atoms. The molecule has 0 saturated carbocycles. The molecule has 1 aromatic rings. The van der Waals surface area contributed by atoms with E-state index in [1.54, 1.807) is 0 Å². The van der Waals surface area contributed by atoms with Crippen LogP contribution in [0.4, 0.5) is 10.7 Å². The largest absolute Gasteiger partial charge is 0.332 e. The first-order valence-electron chi connectivity index (χ1n) is 8.43. The fourth-order valence-corrected chi connectivity index (χ4v) is 4.59. The third kappa shape index (κ3) is 4.00. The summed E-state index contributed by atoms with van der Waals surface area (Å²) < 4.78 is 0. The van der Waals surface area contributed by atoms with Crippen LogP contribution in [0.2, 0.25) is 0 Å². The number of carbonyl (C=O) groups is 2. The molecule has 4 N–H and O–H groups in total. The van der Waals surface area contributed by atoms with Gasteiger partial charge in [-0.3, -0.25) is 15.2 Å². The van der Waals surface area contributed by atoms with E-state index in [0.29, 0.717) is 17.6 Å². The third-order valence-corrected chi connectivity index (χ3v) is 5.89. The number of rotatable bonds is 7. The zero-order valence-electron chi connectivity index (χ0n) is 14.0. The molecule has 1 aromatic heterocycles. The van der Waals surface area contributed by atoms with Crippen molar-refractivity contribution in [1.29, 1.82) is 0 Å². The highest BCUT2D eigenvalue weighted by molar-refractivity contribution is 8.00. The van der Waals surface area contributed by atoms with Gasteiger partial charge in [0.2, 0.25) is 11.9 Å². The van der Waals surface area contributed by atoms with Gasteiger partial charge < -0.3 is 10.6 Å². The van der Waals surface area contributed by atoms with Gasteiger partial charge in [-0.15, -0.1) is 5.10 Å². The lowest BCUT2D eigenvalue weighted by atomic mass is 10.0. The molecule has 2 aliphatic heterocycles. The Hall–Kier alpha value is -1.77. The lowest BCUT2D eigenvalue weighted by Gasteiger charge is -2.16. The van der Waals surface area contributed by atoms with E-state index in [-0.39, 0.29) is 29.9 Å². The maximum Gasteiger partial charge on any atom is 0.315 e. The predicted octanol–water partition coefficient (Wildman–Crippen LogP) is 1.59. The van der Waals surface area contributed by atoms with Crippen molar-refractivity contribution in [1.82, 2.24) is 25.8 Å². The van der Waals surface area contributed by atoms with Crippen LogP contribution in [-0.2, 0) is 4.79 Å². The summed E-state index contributed by atoms with van der Waals surface area (Å²) in [5.41, 5.74) is 0. The van der Waals surface area contributed by atoms with Gasteiger partial charge in [-0.2, -0.15) is 16.7 Å². The molecular weight excluding hydrogens is 328 g/mol. The molecular formula is C15H24N6O2S. The summed E-state index contributed by atoms with van der Waals surface area (Å²) in [6, 6.07) is 0.442. The molecule has 2 fully saturated rings.